The van der Waals surface area contributed by atoms with Gasteiger partial charge in [0.25, 0.3) is 5.56 Å². The van der Waals surface area contributed by atoms with Crippen LogP contribution in [0.3, 0.4) is 0 Å². The molecule has 0 bridgehead atoms. The number of aromatic amines is 1. The standard InChI is InChI=1S/C23H28FN3O5/c1-13-5-7-17(24)20-16(13)11-14(25-21(20)30)6-8-19(29)27-10-9-15(28)12-18(27)26-22(31)32-23(2,3)4/h5,7,11,18H,6,8-10,12H2,1-4H3,(H,25,30)(H,26,31). The van der Waals surface area contributed by atoms with Gasteiger partial charge >= 0.3 is 6.09 Å². The summed E-state index contributed by atoms with van der Waals surface area (Å²) in [5.41, 5.74) is 0.0154. The number of Topliss-reactive ketones (excluding diaryl/α,β-unsaturated/α-hetero) is 1. The summed E-state index contributed by atoms with van der Waals surface area (Å²) < 4.78 is 19.3. The number of fused-ring (bicyclic) bond motifs is 1. The lowest BCUT2D eigenvalue weighted by molar-refractivity contribution is -0.138. The van der Waals surface area contributed by atoms with Crippen molar-refractivity contribution >= 4 is 28.6 Å². The van der Waals surface area contributed by atoms with Gasteiger partial charge in [-0.15, -0.1) is 0 Å². The molecule has 0 saturated carbocycles. The van der Waals surface area contributed by atoms with Crippen molar-refractivity contribution in [3.8, 4) is 0 Å². The zero-order chi connectivity index (χ0) is 23.6. The van der Waals surface area contributed by atoms with Gasteiger partial charge in [0.2, 0.25) is 5.91 Å². The normalized spacial score (nSPS) is 16.8. The summed E-state index contributed by atoms with van der Waals surface area (Å²) in [4.78, 5) is 53.4. The molecule has 2 amide bonds. The number of hydrogen-bond donors (Lipinski definition) is 2. The minimum absolute atomic E-state index is 0.00348. The Kier molecular flexibility index (Phi) is 6.66. The molecule has 2 heterocycles. The lowest BCUT2D eigenvalue weighted by Gasteiger charge is -2.35. The number of carbonyl (C=O) groups is 3. The lowest BCUT2D eigenvalue weighted by Crippen LogP contribution is -2.55. The van der Waals surface area contributed by atoms with Crippen LogP contribution in [0.4, 0.5) is 9.18 Å². The van der Waals surface area contributed by atoms with Gasteiger partial charge in [-0.2, -0.15) is 0 Å². The van der Waals surface area contributed by atoms with E-state index < -0.39 is 29.2 Å². The Morgan fingerprint density at radius 1 is 1.28 bits per heavy atom. The molecule has 1 atom stereocenters. The number of nitrogens with zero attached hydrogens (tertiary/aromatic N) is 1. The fourth-order valence-corrected chi connectivity index (χ4v) is 3.75. The number of amides is 2. The van der Waals surface area contributed by atoms with Gasteiger partial charge in [-0.25, -0.2) is 9.18 Å². The van der Waals surface area contributed by atoms with E-state index in [9.17, 15) is 23.6 Å². The number of ether oxygens (including phenoxy) is 1. The molecule has 1 unspecified atom stereocenters. The predicted octanol–water partition coefficient (Wildman–Crippen LogP) is 2.95. The van der Waals surface area contributed by atoms with Crippen LogP contribution >= 0.6 is 0 Å². The Labute approximate surface area is 185 Å². The van der Waals surface area contributed by atoms with Crippen LogP contribution in [-0.4, -0.2) is 46.0 Å². The van der Waals surface area contributed by atoms with Crippen LogP contribution in [0.15, 0.2) is 23.0 Å². The third-order valence-electron chi connectivity index (χ3n) is 5.27. The number of rotatable bonds is 4. The van der Waals surface area contributed by atoms with Crippen molar-refractivity contribution in [3.63, 3.8) is 0 Å². The highest BCUT2D eigenvalue weighted by molar-refractivity contribution is 5.86. The molecular weight excluding hydrogens is 417 g/mol. The summed E-state index contributed by atoms with van der Waals surface area (Å²) in [6.45, 7) is 7.14. The molecule has 1 aliphatic rings. The van der Waals surface area contributed by atoms with Crippen molar-refractivity contribution in [1.29, 1.82) is 0 Å². The van der Waals surface area contributed by atoms with E-state index in [1.807, 2.05) is 0 Å². The van der Waals surface area contributed by atoms with Crippen molar-refractivity contribution in [2.24, 2.45) is 0 Å². The fourth-order valence-electron chi connectivity index (χ4n) is 3.75. The number of pyridine rings is 1. The average Bonchev–Trinajstić information content (AvgIpc) is 2.67. The molecule has 1 aromatic heterocycles. The van der Waals surface area contributed by atoms with Crippen LogP contribution < -0.4 is 10.9 Å². The molecule has 0 spiro atoms. The average molecular weight is 445 g/mol. The highest BCUT2D eigenvalue weighted by atomic mass is 19.1. The Morgan fingerprint density at radius 3 is 2.69 bits per heavy atom. The first-order valence-corrected chi connectivity index (χ1v) is 10.6. The van der Waals surface area contributed by atoms with E-state index in [1.54, 1.807) is 39.8 Å². The van der Waals surface area contributed by atoms with Gasteiger partial charge in [-0.1, -0.05) is 6.07 Å². The summed E-state index contributed by atoms with van der Waals surface area (Å²) in [6, 6.07) is 4.54. The highest BCUT2D eigenvalue weighted by Crippen LogP contribution is 2.20. The third-order valence-corrected chi connectivity index (χ3v) is 5.27. The van der Waals surface area contributed by atoms with E-state index in [2.05, 4.69) is 10.3 Å². The van der Waals surface area contributed by atoms with Crippen LogP contribution in [0.1, 0.15) is 51.3 Å². The summed E-state index contributed by atoms with van der Waals surface area (Å²) in [5, 5.41) is 3.11. The van der Waals surface area contributed by atoms with Gasteiger partial charge in [-0.05, 0) is 57.2 Å². The quantitative estimate of drug-likeness (QED) is 0.752. The molecule has 1 aliphatic heterocycles. The van der Waals surface area contributed by atoms with Gasteiger partial charge < -0.3 is 19.9 Å². The van der Waals surface area contributed by atoms with Crippen molar-refractivity contribution in [2.75, 3.05) is 6.54 Å². The maximum atomic E-state index is 14.0. The Hall–Kier alpha value is -3.23. The molecule has 9 heteroatoms. The van der Waals surface area contributed by atoms with Crippen LogP contribution in [0.5, 0.6) is 0 Å². The maximum Gasteiger partial charge on any atom is 0.409 e. The highest BCUT2D eigenvalue weighted by Gasteiger charge is 2.32. The van der Waals surface area contributed by atoms with Crippen LogP contribution in [0, 0.1) is 12.7 Å². The summed E-state index contributed by atoms with van der Waals surface area (Å²) >= 11 is 0. The van der Waals surface area contributed by atoms with E-state index in [-0.39, 0.29) is 49.3 Å². The lowest BCUT2D eigenvalue weighted by atomic mass is 10.0. The fraction of sp³-hybridized carbons (Fsp3) is 0.478. The summed E-state index contributed by atoms with van der Waals surface area (Å²) in [7, 11) is 0. The number of ketones is 1. The van der Waals surface area contributed by atoms with Crippen molar-refractivity contribution < 1.29 is 23.5 Å². The molecule has 0 radical (unpaired) electrons. The van der Waals surface area contributed by atoms with Crippen LogP contribution in [-0.2, 0) is 20.7 Å². The molecule has 2 N–H and O–H groups in total. The number of likely N-dealkylation sites (tertiary alicyclic amines) is 1. The maximum absolute atomic E-state index is 14.0. The van der Waals surface area contributed by atoms with E-state index in [0.717, 1.165) is 5.56 Å². The molecule has 2 aromatic rings. The second-order valence-electron chi connectivity index (χ2n) is 9.02. The van der Waals surface area contributed by atoms with Crippen LogP contribution in [0.2, 0.25) is 0 Å². The number of alkyl carbamates (subject to hydrolysis) is 1. The first-order valence-electron chi connectivity index (χ1n) is 10.6. The van der Waals surface area contributed by atoms with E-state index >= 15 is 0 Å². The predicted molar refractivity (Wildman–Crippen MR) is 117 cm³/mol. The number of hydrogen-bond acceptors (Lipinski definition) is 5. The Balaban J connectivity index is 1.72. The monoisotopic (exact) mass is 445 g/mol. The zero-order valence-electron chi connectivity index (χ0n) is 18.7. The second-order valence-corrected chi connectivity index (χ2v) is 9.02. The van der Waals surface area contributed by atoms with E-state index in [0.29, 0.717) is 11.1 Å². The smallest absolute Gasteiger partial charge is 0.409 e. The number of benzene rings is 1. The van der Waals surface area contributed by atoms with Gasteiger partial charge in [0.1, 0.15) is 23.4 Å². The largest absolute Gasteiger partial charge is 0.444 e. The molecular formula is C23H28FN3O5. The summed E-state index contributed by atoms with van der Waals surface area (Å²) in [5.74, 6) is -0.912. The minimum atomic E-state index is -0.786. The van der Waals surface area contributed by atoms with Crippen molar-refractivity contribution in [1.82, 2.24) is 15.2 Å². The topological polar surface area (TPSA) is 109 Å². The Bertz CT molecular complexity index is 1120. The first kappa shape index (κ1) is 23.4. The molecule has 1 saturated heterocycles. The number of piperidine rings is 1. The zero-order valence-corrected chi connectivity index (χ0v) is 18.7. The van der Waals surface area contributed by atoms with E-state index in [4.69, 9.17) is 4.74 Å². The van der Waals surface area contributed by atoms with Crippen LogP contribution in [0.25, 0.3) is 10.8 Å². The first-order chi connectivity index (χ1) is 14.9. The van der Waals surface area contributed by atoms with Gasteiger partial charge in [0, 0.05) is 31.5 Å². The molecule has 3 rings (SSSR count). The van der Waals surface area contributed by atoms with Gasteiger partial charge in [0.05, 0.1) is 5.39 Å². The number of carbonyl (C=O) groups excluding carboxylic acids is 3. The van der Waals surface area contributed by atoms with Crippen molar-refractivity contribution in [2.45, 2.75) is 65.1 Å². The molecule has 32 heavy (non-hydrogen) atoms. The number of halogens is 1. The number of nitrogens with one attached hydrogen (secondary N) is 2. The third kappa shape index (κ3) is 5.52. The Morgan fingerprint density at radius 2 is 2.00 bits per heavy atom. The molecule has 1 fully saturated rings. The van der Waals surface area contributed by atoms with Crippen molar-refractivity contribution in [3.05, 3.63) is 45.6 Å². The second kappa shape index (κ2) is 9.10. The molecule has 1 aromatic carbocycles. The number of aromatic nitrogens is 1. The SMILES string of the molecule is Cc1ccc(F)c2c(=O)[nH]c(CCC(=O)N3CCC(=O)CC3NC(=O)OC(C)(C)C)cc12. The van der Waals surface area contributed by atoms with E-state index in [1.165, 1.54) is 11.0 Å². The van der Waals surface area contributed by atoms with Gasteiger partial charge in [0.15, 0.2) is 0 Å². The molecule has 172 valence electrons. The summed E-state index contributed by atoms with van der Waals surface area (Å²) in [6.07, 6.45) is -0.989. The number of H-pyrrole nitrogens is 1. The molecule has 0 aliphatic carbocycles. The van der Waals surface area contributed by atoms with Gasteiger partial charge in [-0.3, -0.25) is 14.4 Å². The molecule has 8 nitrogen and oxygen atoms in total. The minimum Gasteiger partial charge on any atom is -0.444 e. The number of aryl methyl sites for hydroxylation is 2.